The van der Waals surface area contributed by atoms with Crippen molar-refractivity contribution in [1.29, 1.82) is 0 Å². The fourth-order valence-corrected chi connectivity index (χ4v) is 1.27. The summed E-state index contributed by atoms with van der Waals surface area (Å²) in [5.74, 6) is -1.36. The summed E-state index contributed by atoms with van der Waals surface area (Å²) in [5, 5.41) is 11.9. The highest BCUT2D eigenvalue weighted by atomic mass is 19.1. The predicted octanol–water partition coefficient (Wildman–Crippen LogP) is 1.85. The van der Waals surface area contributed by atoms with Gasteiger partial charge in [0, 0.05) is 6.54 Å². The van der Waals surface area contributed by atoms with Crippen LogP contribution >= 0.6 is 0 Å². The second kappa shape index (κ2) is 6.76. The fourth-order valence-electron chi connectivity index (χ4n) is 1.27. The van der Waals surface area contributed by atoms with E-state index < -0.39 is 11.7 Å². The van der Waals surface area contributed by atoms with Gasteiger partial charge in [0.2, 0.25) is 0 Å². The van der Waals surface area contributed by atoms with Crippen LogP contribution < -0.4 is 5.32 Å². The highest BCUT2D eigenvalue weighted by Gasteiger charge is 2.11. The summed E-state index contributed by atoms with van der Waals surface area (Å²) in [4.78, 5) is 11.6. The summed E-state index contributed by atoms with van der Waals surface area (Å²) in [7, 11) is 0. The number of hydrogen-bond acceptors (Lipinski definition) is 3. The zero-order chi connectivity index (χ0) is 13.5. The molecule has 0 saturated carbocycles. The van der Waals surface area contributed by atoms with Crippen LogP contribution in [0.3, 0.4) is 0 Å². The molecule has 1 amide bonds. The zero-order valence-electron chi connectivity index (χ0n) is 10.2. The van der Waals surface area contributed by atoms with Crippen LogP contribution in [0.1, 0.15) is 17.3 Å². The maximum absolute atomic E-state index is 12.9. The standard InChI is InChI=1S/C13H16FNO3/c1-9(2)8-18-6-5-15-13(17)11-7-10(14)3-4-12(11)16/h3-4,7,16H,1,5-6,8H2,2H3,(H,15,17). The maximum atomic E-state index is 12.9. The van der Waals surface area contributed by atoms with Gasteiger partial charge < -0.3 is 15.2 Å². The molecule has 0 spiro atoms. The lowest BCUT2D eigenvalue weighted by molar-refractivity contribution is 0.0923. The summed E-state index contributed by atoms with van der Waals surface area (Å²) in [6.45, 7) is 6.55. The predicted molar refractivity (Wildman–Crippen MR) is 66.0 cm³/mol. The van der Waals surface area contributed by atoms with E-state index in [1.165, 1.54) is 0 Å². The van der Waals surface area contributed by atoms with Gasteiger partial charge >= 0.3 is 0 Å². The SMILES string of the molecule is C=C(C)COCCNC(=O)c1cc(F)ccc1O. The van der Waals surface area contributed by atoms with Gasteiger partial charge in [0.25, 0.3) is 5.91 Å². The van der Waals surface area contributed by atoms with E-state index >= 15 is 0 Å². The van der Waals surface area contributed by atoms with Crippen molar-refractivity contribution in [2.45, 2.75) is 6.92 Å². The Morgan fingerprint density at radius 3 is 2.94 bits per heavy atom. The van der Waals surface area contributed by atoms with E-state index in [0.29, 0.717) is 13.2 Å². The zero-order valence-corrected chi connectivity index (χ0v) is 10.2. The van der Waals surface area contributed by atoms with Gasteiger partial charge in [-0.2, -0.15) is 0 Å². The van der Waals surface area contributed by atoms with E-state index in [2.05, 4.69) is 11.9 Å². The second-order valence-electron chi connectivity index (χ2n) is 3.93. The monoisotopic (exact) mass is 253 g/mol. The third-order valence-electron chi connectivity index (χ3n) is 2.08. The molecule has 0 bridgehead atoms. The Labute approximate surface area is 105 Å². The van der Waals surface area contributed by atoms with Gasteiger partial charge in [0.15, 0.2) is 0 Å². The van der Waals surface area contributed by atoms with Crippen LogP contribution in [0.5, 0.6) is 5.75 Å². The molecule has 0 heterocycles. The lowest BCUT2D eigenvalue weighted by Crippen LogP contribution is -2.27. The second-order valence-corrected chi connectivity index (χ2v) is 3.93. The smallest absolute Gasteiger partial charge is 0.255 e. The molecule has 0 aromatic heterocycles. The summed E-state index contributed by atoms with van der Waals surface area (Å²) < 4.78 is 18.1. The first kappa shape index (κ1) is 14.2. The minimum absolute atomic E-state index is 0.0881. The van der Waals surface area contributed by atoms with Crippen LogP contribution in [-0.2, 0) is 4.74 Å². The van der Waals surface area contributed by atoms with Gasteiger partial charge in [-0.1, -0.05) is 12.2 Å². The Bertz CT molecular complexity index is 446. The topological polar surface area (TPSA) is 58.6 Å². The third kappa shape index (κ3) is 4.55. The van der Waals surface area contributed by atoms with Crippen molar-refractivity contribution >= 4 is 5.91 Å². The van der Waals surface area contributed by atoms with Gasteiger partial charge in [0.1, 0.15) is 11.6 Å². The molecule has 0 saturated heterocycles. The summed E-state index contributed by atoms with van der Waals surface area (Å²) in [6.07, 6.45) is 0. The molecule has 1 rings (SSSR count). The van der Waals surface area contributed by atoms with Crippen LogP contribution in [-0.4, -0.2) is 30.8 Å². The van der Waals surface area contributed by atoms with Crippen LogP contribution in [0.15, 0.2) is 30.4 Å². The van der Waals surface area contributed by atoms with Crippen molar-refractivity contribution in [2.24, 2.45) is 0 Å². The van der Waals surface area contributed by atoms with E-state index in [1.54, 1.807) is 0 Å². The van der Waals surface area contributed by atoms with E-state index in [0.717, 1.165) is 23.8 Å². The summed E-state index contributed by atoms with van der Waals surface area (Å²) in [6, 6.07) is 3.21. The minimum Gasteiger partial charge on any atom is -0.507 e. The third-order valence-corrected chi connectivity index (χ3v) is 2.08. The van der Waals surface area contributed by atoms with Gasteiger partial charge in [-0.05, 0) is 25.1 Å². The van der Waals surface area contributed by atoms with Crippen molar-refractivity contribution in [1.82, 2.24) is 5.32 Å². The van der Waals surface area contributed by atoms with Gasteiger partial charge in [0.05, 0.1) is 18.8 Å². The number of phenols is 1. The fraction of sp³-hybridized carbons (Fsp3) is 0.308. The van der Waals surface area contributed by atoms with E-state index in [9.17, 15) is 14.3 Å². The number of carbonyl (C=O) groups is 1. The molecule has 0 aliphatic carbocycles. The number of phenolic OH excluding ortho intramolecular Hbond substituents is 1. The van der Waals surface area contributed by atoms with Gasteiger partial charge in [-0.25, -0.2) is 4.39 Å². The van der Waals surface area contributed by atoms with Crippen molar-refractivity contribution in [3.8, 4) is 5.75 Å². The molecule has 1 aromatic rings. The number of amides is 1. The first-order valence-electron chi connectivity index (χ1n) is 5.49. The number of ether oxygens (including phenoxy) is 1. The Hall–Kier alpha value is -1.88. The number of benzene rings is 1. The largest absolute Gasteiger partial charge is 0.507 e. The molecular weight excluding hydrogens is 237 g/mol. The number of aromatic hydroxyl groups is 1. The van der Waals surface area contributed by atoms with Gasteiger partial charge in [-0.3, -0.25) is 4.79 Å². The molecule has 1 aromatic carbocycles. The Balaban J connectivity index is 2.41. The molecule has 0 aliphatic rings. The van der Waals surface area contributed by atoms with Crippen LogP contribution in [0.4, 0.5) is 4.39 Å². The van der Waals surface area contributed by atoms with E-state index in [4.69, 9.17) is 4.74 Å². The average molecular weight is 253 g/mol. The maximum Gasteiger partial charge on any atom is 0.255 e. The number of nitrogens with one attached hydrogen (secondary N) is 1. The summed E-state index contributed by atoms with van der Waals surface area (Å²) in [5.41, 5.74) is 0.805. The molecule has 0 atom stereocenters. The average Bonchev–Trinajstić information content (AvgIpc) is 2.31. The summed E-state index contributed by atoms with van der Waals surface area (Å²) >= 11 is 0. The Morgan fingerprint density at radius 1 is 1.56 bits per heavy atom. The Morgan fingerprint density at radius 2 is 2.28 bits per heavy atom. The number of halogens is 1. The van der Waals surface area contributed by atoms with Crippen LogP contribution in [0, 0.1) is 5.82 Å². The molecule has 0 unspecified atom stereocenters. The lowest BCUT2D eigenvalue weighted by atomic mass is 10.2. The highest BCUT2D eigenvalue weighted by molar-refractivity contribution is 5.96. The first-order chi connectivity index (χ1) is 8.50. The quantitative estimate of drug-likeness (QED) is 0.601. The molecular formula is C13H16FNO3. The van der Waals surface area contributed by atoms with E-state index in [1.807, 2.05) is 6.92 Å². The highest BCUT2D eigenvalue weighted by Crippen LogP contribution is 2.17. The normalized spacial score (nSPS) is 10.1. The van der Waals surface area contributed by atoms with Crippen molar-refractivity contribution in [3.63, 3.8) is 0 Å². The van der Waals surface area contributed by atoms with Crippen molar-refractivity contribution in [3.05, 3.63) is 41.7 Å². The molecule has 0 fully saturated rings. The van der Waals surface area contributed by atoms with Crippen molar-refractivity contribution in [2.75, 3.05) is 19.8 Å². The molecule has 2 N–H and O–H groups in total. The van der Waals surface area contributed by atoms with Gasteiger partial charge in [-0.15, -0.1) is 0 Å². The molecule has 5 heteroatoms. The molecule has 0 radical (unpaired) electrons. The first-order valence-corrected chi connectivity index (χ1v) is 5.49. The Kier molecular flexibility index (Phi) is 5.32. The lowest BCUT2D eigenvalue weighted by Gasteiger charge is -2.07. The molecule has 0 aliphatic heterocycles. The molecule has 4 nitrogen and oxygen atoms in total. The molecule has 98 valence electrons. The molecule has 18 heavy (non-hydrogen) atoms. The number of carbonyl (C=O) groups excluding carboxylic acids is 1. The van der Waals surface area contributed by atoms with E-state index in [-0.39, 0.29) is 17.9 Å². The van der Waals surface area contributed by atoms with Crippen LogP contribution in [0.25, 0.3) is 0 Å². The number of rotatable bonds is 6. The number of hydrogen-bond donors (Lipinski definition) is 2. The minimum atomic E-state index is -0.573. The van der Waals surface area contributed by atoms with Crippen LogP contribution in [0.2, 0.25) is 0 Å². The van der Waals surface area contributed by atoms with Crippen molar-refractivity contribution < 1.29 is 19.0 Å².